The number of halogens is 1. The number of hydrogen-bond acceptors (Lipinski definition) is 3. The molecule has 1 amide bonds. The first kappa shape index (κ1) is 15.2. The van der Waals surface area contributed by atoms with Crippen LogP contribution in [0.4, 0.5) is 0 Å². The highest BCUT2D eigenvalue weighted by atomic mass is 35.5. The van der Waals surface area contributed by atoms with E-state index >= 15 is 0 Å². The van der Waals surface area contributed by atoms with Gasteiger partial charge in [-0.2, -0.15) is 0 Å². The number of rotatable bonds is 4. The largest absolute Gasteiger partial charge is 0.364 e. The Balaban J connectivity index is 1.88. The first-order chi connectivity index (χ1) is 11.1. The number of primary amides is 1. The first-order valence-electron chi connectivity index (χ1n) is 6.96. The van der Waals surface area contributed by atoms with E-state index in [1.54, 1.807) is 0 Å². The second-order valence-electron chi connectivity index (χ2n) is 4.93. The molecule has 1 heterocycles. The van der Waals surface area contributed by atoms with Crippen LogP contribution >= 0.6 is 11.6 Å². The summed E-state index contributed by atoms with van der Waals surface area (Å²) in [5, 5.41) is 0.145. The Morgan fingerprint density at radius 3 is 2.48 bits per heavy atom. The van der Waals surface area contributed by atoms with Crippen LogP contribution in [0.2, 0.25) is 5.15 Å². The molecular formula is C18H13ClN3O. The number of nitrogens with zero attached hydrogens (tertiary/aromatic N) is 2. The van der Waals surface area contributed by atoms with Crippen molar-refractivity contribution in [3.05, 3.63) is 89.3 Å². The van der Waals surface area contributed by atoms with Crippen LogP contribution in [0.3, 0.4) is 0 Å². The SMILES string of the molecule is NC(=O)c1cnc([CH]c2cccc(-c3ccccc3)c2)c(Cl)n1. The lowest BCUT2D eigenvalue weighted by molar-refractivity contribution is 0.0995. The lowest BCUT2D eigenvalue weighted by atomic mass is 10.0. The van der Waals surface area contributed by atoms with E-state index in [4.69, 9.17) is 17.3 Å². The van der Waals surface area contributed by atoms with E-state index in [0.29, 0.717) is 5.69 Å². The Bertz CT molecular complexity index is 850. The molecule has 2 N–H and O–H groups in total. The summed E-state index contributed by atoms with van der Waals surface area (Å²) >= 11 is 6.07. The van der Waals surface area contributed by atoms with Gasteiger partial charge in [-0.1, -0.05) is 66.2 Å². The second kappa shape index (κ2) is 6.58. The van der Waals surface area contributed by atoms with Gasteiger partial charge in [0, 0.05) is 6.42 Å². The number of carbonyl (C=O) groups excluding carboxylic acids is 1. The molecular weight excluding hydrogens is 310 g/mol. The van der Waals surface area contributed by atoms with Gasteiger partial charge in [0.15, 0.2) is 5.15 Å². The topological polar surface area (TPSA) is 68.9 Å². The van der Waals surface area contributed by atoms with Crippen molar-refractivity contribution in [3.8, 4) is 11.1 Å². The van der Waals surface area contributed by atoms with E-state index < -0.39 is 5.91 Å². The zero-order valence-electron chi connectivity index (χ0n) is 12.1. The molecule has 0 saturated heterocycles. The highest BCUT2D eigenvalue weighted by Crippen LogP contribution is 2.23. The van der Waals surface area contributed by atoms with E-state index in [-0.39, 0.29) is 10.8 Å². The van der Waals surface area contributed by atoms with E-state index in [1.165, 1.54) is 6.20 Å². The predicted molar refractivity (Wildman–Crippen MR) is 89.9 cm³/mol. The molecule has 0 aliphatic rings. The molecule has 113 valence electrons. The molecule has 1 radical (unpaired) electrons. The third kappa shape index (κ3) is 3.55. The van der Waals surface area contributed by atoms with E-state index in [2.05, 4.69) is 9.97 Å². The number of benzene rings is 2. The van der Waals surface area contributed by atoms with Crippen LogP contribution in [0.1, 0.15) is 21.7 Å². The smallest absolute Gasteiger partial charge is 0.268 e. The summed E-state index contributed by atoms with van der Waals surface area (Å²) in [6.45, 7) is 0. The summed E-state index contributed by atoms with van der Waals surface area (Å²) < 4.78 is 0. The second-order valence-corrected chi connectivity index (χ2v) is 5.29. The summed E-state index contributed by atoms with van der Waals surface area (Å²) in [4.78, 5) is 19.2. The van der Waals surface area contributed by atoms with Crippen molar-refractivity contribution >= 4 is 17.5 Å². The van der Waals surface area contributed by atoms with Gasteiger partial charge < -0.3 is 5.73 Å². The maximum absolute atomic E-state index is 11.1. The van der Waals surface area contributed by atoms with Crippen molar-refractivity contribution in [1.29, 1.82) is 0 Å². The molecule has 0 fully saturated rings. The number of amides is 1. The molecule has 0 aliphatic heterocycles. The molecule has 0 atom stereocenters. The number of carbonyl (C=O) groups is 1. The van der Waals surface area contributed by atoms with Crippen LogP contribution in [-0.4, -0.2) is 15.9 Å². The summed E-state index contributed by atoms with van der Waals surface area (Å²) in [7, 11) is 0. The van der Waals surface area contributed by atoms with Crippen LogP contribution in [0.25, 0.3) is 11.1 Å². The molecule has 0 saturated carbocycles. The van der Waals surface area contributed by atoms with Crippen molar-refractivity contribution in [2.24, 2.45) is 5.73 Å². The summed E-state index contributed by atoms with van der Waals surface area (Å²) in [6, 6.07) is 18.1. The minimum atomic E-state index is -0.656. The fourth-order valence-electron chi connectivity index (χ4n) is 2.19. The van der Waals surface area contributed by atoms with E-state index in [0.717, 1.165) is 16.7 Å². The van der Waals surface area contributed by atoms with Gasteiger partial charge in [-0.15, -0.1) is 0 Å². The average molecular weight is 323 g/mol. The average Bonchev–Trinajstić information content (AvgIpc) is 2.57. The predicted octanol–water partition coefficient (Wildman–Crippen LogP) is 3.50. The van der Waals surface area contributed by atoms with Gasteiger partial charge >= 0.3 is 0 Å². The quantitative estimate of drug-likeness (QED) is 0.799. The highest BCUT2D eigenvalue weighted by molar-refractivity contribution is 6.30. The minimum absolute atomic E-state index is 0.0465. The zero-order chi connectivity index (χ0) is 16.2. The molecule has 0 aliphatic carbocycles. The van der Waals surface area contributed by atoms with Crippen molar-refractivity contribution in [2.45, 2.75) is 0 Å². The van der Waals surface area contributed by atoms with Gasteiger partial charge in [0.05, 0.1) is 11.9 Å². The van der Waals surface area contributed by atoms with Crippen LogP contribution in [0.15, 0.2) is 60.8 Å². The van der Waals surface area contributed by atoms with E-state index in [1.807, 2.05) is 61.0 Å². The number of aromatic nitrogens is 2. The fraction of sp³-hybridized carbons (Fsp3) is 0. The molecule has 2 aromatic carbocycles. The van der Waals surface area contributed by atoms with Gasteiger partial charge in [0.25, 0.3) is 5.91 Å². The standard InChI is InChI=1S/C18H13ClN3O/c19-17-15(21-11-16(22-17)18(20)23)10-12-5-4-8-14(9-12)13-6-2-1-3-7-13/h1-11H,(H2,20,23). The Morgan fingerprint density at radius 1 is 1.04 bits per heavy atom. The minimum Gasteiger partial charge on any atom is -0.364 e. The molecule has 3 aromatic rings. The summed E-state index contributed by atoms with van der Waals surface area (Å²) in [5.74, 6) is -0.656. The Hall–Kier alpha value is -2.72. The molecule has 4 nitrogen and oxygen atoms in total. The van der Waals surface area contributed by atoms with Crippen LogP contribution in [-0.2, 0) is 0 Å². The Kier molecular flexibility index (Phi) is 4.35. The van der Waals surface area contributed by atoms with Crippen molar-refractivity contribution < 1.29 is 4.79 Å². The van der Waals surface area contributed by atoms with Crippen molar-refractivity contribution in [1.82, 2.24) is 9.97 Å². The lowest BCUT2D eigenvalue weighted by Crippen LogP contribution is -2.14. The summed E-state index contributed by atoms with van der Waals surface area (Å²) in [6.07, 6.45) is 3.13. The van der Waals surface area contributed by atoms with Gasteiger partial charge in [-0.05, 0) is 16.7 Å². The molecule has 0 unspecified atom stereocenters. The Labute approximate surface area is 139 Å². The van der Waals surface area contributed by atoms with Crippen LogP contribution < -0.4 is 5.73 Å². The molecule has 0 spiro atoms. The van der Waals surface area contributed by atoms with Crippen molar-refractivity contribution in [3.63, 3.8) is 0 Å². The zero-order valence-corrected chi connectivity index (χ0v) is 12.9. The molecule has 23 heavy (non-hydrogen) atoms. The van der Waals surface area contributed by atoms with Gasteiger partial charge in [0.1, 0.15) is 5.69 Å². The normalized spacial score (nSPS) is 10.5. The lowest BCUT2D eigenvalue weighted by Gasteiger charge is -2.06. The molecule has 3 rings (SSSR count). The molecule has 0 bridgehead atoms. The molecule has 1 aromatic heterocycles. The first-order valence-corrected chi connectivity index (χ1v) is 7.34. The number of nitrogens with two attached hydrogens (primary N) is 1. The van der Waals surface area contributed by atoms with Crippen molar-refractivity contribution in [2.75, 3.05) is 0 Å². The van der Waals surface area contributed by atoms with Gasteiger partial charge in [0.2, 0.25) is 0 Å². The summed E-state index contributed by atoms with van der Waals surface area (Å²) in [5.41, 5.74) is 8.86. The van der Waals surface area contributed by atoms with E-state index in [9.17, 15) is 4.79 Å². The Morgan fingerprint density at radius 2 is 1.78 bits per heavy atom. The van der Waals surface area contributed by atoms with Crippen LogP contribution in [0.5, 0.6) is 0 Å². The van der Waals surface area contributed by atoms with Gasteiger partial charge in [-0.3, -0.25) is 9.78 Å². The third-order valence-corrected chi connectivity index (χ3v) is 3.58. The maximum atomic E-state index is 11.1. The fourth-order valence-corrected chi connectivity index (χ4v) is 2.38. The van der Waals surface area contributed by atoms with Gasteiger partial charge in [-0.25, -0.2) is 4.98 Å². The molecule has 5 heteroatoms. The maximum Gasteiger partial charge on any atom is 0.268 e. The van der Waals surface area contributed by atoms with Crippen LogP contribution in [0, 0.1) is 6.42 Å². The highest BCUT2D eigenvalue weighted by Gasteiger charge is 2.10. The monoisotopic (exact) mass is 322 g/mol. The number of hydrogen-bond donors (Lipinski definition) is 1. The third-order valence-electron chi connectivity index (χ3n) is 3.31.